The van der Waals surface area contributed by atoms with E-state index < -0.39 is 23.0 Å². The SMILES string of the molecule is CCn1c(-c2cn(C)nc2C2CC2)nnc1C(C)(C)Oc1c(F)cc(Cl)cc1F. The molecule has 0 aliphatic heterocycles. The monoisotopic (exact) mass is 421 g/mol. The summed E-state index contributed by atoms with van der Waals surface area (Å²) in [5, 5.41) is 13.3. The number of hydrogen-bond donors (Lipinski definition) is 0. The summed E-state index contributed by atoms with van der Waals surface area (Å²) in [7, 11) is 1.88. The van der Waals surface area contributed by atoms with Crippen LogP contribution in [0, 0.1) is 11.6 Å². The summed E-state index contributed by atoms with van der Waals surface area (Å²) in [6, 6.07) is 2.03. The molecule has 1 fully saturated rings. The summed E-state index contributed by atoms with van der Waals surface area (Å²) in [6.07, 6.45) is 4.15. The van der Waals surface area contributed by atoms with Crippen molar-refractivity contribution in [3.8, 4) is 17.1 Å². The van der Waals surface area contributed by atoms with Crippen LogP contribution in [-0.4, -0.2) is 24.5 Å². The van der Waals surface area contributed by atoms with Gasteiger partial charge in [-0.05, 0) is 45.7 Å². The van der Waals surface area contributed by atoms with Crippen LogP contribution in [0.3, 0.4) is 0 Å². The van der Waals surface area contributed by atoms with Crippen LogP contribution in [0.4, 0.5) is 8.78 Å². The molecule has 1 aliphatic carbocycles. The largest absolute Gasteiger partial charge is 0.474 e. The molecule has 0 radical (unpaired) electrons. The highest BCUT2D eigenvalue weighted by Crippen LogP contribution is 2.43. The second kappa shape index (κ2) is 7.09. The van der Waals surface area contributed by atoms with Crippen molar-refractivity contribution >= 4 is 11.6 Å². The average molecular weight is 422 g/mol. The van der Waals surface area contributed by atoms with E-state index in [1.165, 1.54) is 0 Å². The lowest BCUT2D eigenvalue weighted by Crippen LogP contribution is -2.30. The Morgan fingerprint density at radius 1 is 1.21 bits per heavy atom. The molecule has 2 heterocycles. The van der Waals surface area contributed by atoms with Gasteiger partial charge in [-0.1, -0.05) is 11.6 Å². The highest BCUT2D eigenvalue weighted by atomic mass is 35.5. The molecule has 154 valence electrons. The van der Waals surface area contributed by atoms with Gasteiger partial charge in [0, 0.05) is 30.7 Å². The molecule has 1 saturated carbocycles. The fourth-order valence-electron chi connectivity index (χ4n) is 3.51. The first kappa shape index (κ1) is 19.8. The highest BCUT2D eigenvalue weighted by Gasteiger charge is 2.35. The smallest absolute Gasteiger partial charge is 0.192 e. The van der Waals surface area contributed by atoms with Crippen LogP contribution in [0.5, 0.6) is 5.75 Å². The Bertz CT molecular complexity index is 1050. The zero-order valence-electron chi connectivity index (χ0n) is 16.7. The van der Waals surface area contributed by atoms with Gasteiger partial charge < -0.3 is 9.30 Å². The second-order valence-corrected chi connectivity index (χ2v) is 8.21. The summed E-state index contributed by atoms with van der Waals surface area (Å²) >= 11 is 5.71. The van der Waals surface area contributed by atoms with E-state index >= 15 is 0 Å². The van der Waals surface area contributed by atoms with Crippen LogP contribution in [0.15, 0.2) is 18.3 Å². The van der Waals surface area contributed by atoms with Gasteiger partial charge in [-0.2, -0.15) is 5.10 Å². The maximum Gasteiger partial charge on any atom is 0.192 e. The Morgan fingerprint density at radius 3 is 2.45 bits per heavy atom. The molecule has 0 amide bonds. The maximum absolute atomic E-state index is 14.3. The molecule has 3 aromatic rings. The number of nitrogens with zero attached hydrogens (tertiary/aromatic N) is 5. The van der Waals surface area contributed by atoms with Crippen molar-refractivity contribution in [3.63, 3.8) is 0 Å². The van der Waals surface area contributed by atoms with E-state index in [4.69, 9.17) is 16.3 Å². The second-order valence-electron chi connectivity index (χ2n) is 7.78. The minimum absolute atomic E-state index is 0.0339. The Kier molecular flexibility index (Phi) is 4.85. The number of hydrogen-bond acceptors (Lipinski definition) is 4. The van der Waals surface area contributed by atoms with Crippen molar-refractivity contribution in [2.45, 2.75) is 51.7 Å². The van der Waals surface area contributed by atoms with E-state index in [0.717, 1.165) is 36.2 Å². The third-order valence-corrected chi connectivity index (χ3v) is 5.21. The standard InChI is InChI=1S/C20H22ClF2N5O/c1-5-28-18(13-10-27(4)26-16(13)11-6-7-11)24-25-19(28)20(2,3)29-17-14(22)8-12(21)9-15(17)23/h8-11H,5-7H2,1-4H3. The predicted octanol–water partition coefficient (Wildman–Crippen LogP) is 4.82. The van der Waals surface area contributed by atoms with Crippen molar-refractivity contribution < 1.29 is 13.5 Å². The van der Waals surface area contributed by atoms with E-state index in [2.05, 4.69) is 15.3 Å². The highest BCUT2D eigenvalue weighted by molar-refractivity contribution is 6.30. The molecule has 0 spiro atoms. The number of rotatable bonds is 6. The fourth-order valence-corrected chi connectivity index (χ4v) is 3.70. The molecule has 0 saturated heterocycles. The third kappa shape index (κ3) is 3.61. The minimum atomic E-state index is -1.14. The summed E-state index contributed by atoms with van der Waals surface area (Å²) in [5.41, 5.74) is 0.795. The van der Waals surface area contributed by atoms with Crippen molar-refractivity contribution in [2.75, 3.05) is 0 Å². The van der Waals surface area contributed by atoms with Gasteiger partial charge in [0.25, 0.3) is 0 Å². The molecule has 1 aliphatic rings. The van der Waals surface area contributed by atoms with Crippen molar-refractivity contribution in [3.05, 3.63) is 46.5 Å². The van der Waals surface area contributed by atoms with Gasteiger partial charge in [-0.15, -0.1) is 10.2 Å². The van der Waals surface area contributed by atoms with Crippen molar-refractivity contribution in [1.82, 2.24) is 24.5 Å². The minimum Gasteiger partial charge on any atom is -0.474 e. The van der Waals surface area contributed by atoms with E-state index in [9.17, 15) is 8.78 Å². The number of aromatic nitrogens is 5. The van der Waals surface area contributed by atoms with Gasteiger partial charge in [0.1, 0.15) is 0 Å². The normalized spacial score (nSPS) is 14.4. The van der Waals surface area contributed by atoms with Crippen LogP contribution in [-0.2, 0) is 19.2 Å². The molecule has 9 heteroatoms. The Labute approximate surface area is 172 Å². The van der Waals surface area contributed by atoms with Gasteiger partial charge in [-0.25, -0.2) is 8.78 Å². The summed E-state index contributed by atoms with van der Waals surface area (Å²) in [6.45, 7) is 5.93. The van der Waals surface area contributed by atoms with Crippen LogP contribution >= 0.6 is 11.6 Å². The molecule has 2 aromatic heterocycles. The van der Waals surface area contributed by atoms with Gasteiger partial charge >= 0.3 is 0 Å². The van der Waals surface area contributed by atoms with Gasteiger partial charge in [-0.3, -0.25) is 4.68 Å². The maximum atomic E-state index is 14.3. The molecule has 1 aromatic carbocycles. The number of aryl methyl sites for hydroxylation is 1. The van der Waals surface area contributed by atoms with Crippen molar-refractivity contribution in [2.24, 2.45) is 7.05 Å². The van der Waals surface area contributed by atoms with Gasteiger partial charge in [0.15, 0.2) is 34.6 Å². The molecule has 0 unspecified atom stereocenters. The first-order valence-corrected chi connectivity index (χ1v) is 9.90. The lowest BCUT2D eigenvalue weighted by atomic mass is 10.1. The van der Waals surface area contributed by atoms with Crippen LogP contribution in [0.2, 0.25) is 5.02 Å². The molecule has 0 atom stereocenters. The molecule has 29 heavy (non-hydrogen) atoms. The Balaban J connectivity index is 1.74. The molecule has 4 rings (SSSR count). The lowest BCUT2D eigenvalue weighted by Gasteiger charge is -2.26. The van der Waals surface area contributed by atoms with Gasteiger partial charge in [0.2, 0.25) is 0 Å². The zero-order valence-corrected chi connectivity index (χ0v) is 17.5. The quantitative estimate of drug-likeness (QED) is 0.572. The number of benzene rings is 1. The lowest BCUT2D eigenvalue weighted by molar-refractivity contribution is 0.0827. The van der Waals surface area contributed by atoms with Crippen molar-refractivity contribution in [1.29, 1.82) is 0 Å². The van der Waals surface area contributed by atoms with Crippen LogP contribution in [0.1, 0.15) is 51.0 Å². The van der Waals surface area contributed by atoms with E-state index in [0.29, 0.717) is 24.1 Å². The molecular weight excluding hydrogens is 400 g/mol. The van der Waals surface area contributed by atoms with E-state index in [-0.39, 0.29) is 5.02 Å². The Morgan fingerprint density at radius 2 is 1.86 bits per heavy atom. The predicted molar refractivity (Wildman–Crippen MR) is 105 cm³/mol. The van der Waals surface area contributed by atoms with Crippen LogP contribution < -0.4 is 4.74 Å². The summed E-state index contributed by atoms with van der Waals surface area (Å²) in [5.74, 6) is -0.645. The van der Waals surface area contributed by atoms with Gasteiger partial charge in [0.05, 0.1) is 11.3 Å². The fraction of sp³-hybridized carbons (Fsp3) is 0.450. The van der Waals surface area contributed by atoms with E-state index in [1.54, 1.807) is 18.5 Å². The van der Waals surface area contributed by atoms with E-state index in [1.807, 2.05) is 24.7 Å². The molecule has 6 nitrogen and oxygen atoms in total. The average Bonchev–Trinajstić information content (AvgIpc) is 3.26. The number of halogens is 3. The molecular formula is C20H22ClF2N5O. The number of ether oxygens (including phenoxy) is 1. The molecule has 0 bridgehead atoms. The zero-order chi connectivity index (χ0) is 20.9. The Hall–Kier alpha value is -2.48. The summed E-state index contributed by atoms with van der Waals surface area (Å²) < 4.78 is 37.9. The molecule has 0 N–H and O–H groups in total. The first-order valence-electron chi connectivity index (χ1n) is 9.52. The third-order valence-electron chi connectivity index (χ3n) is 4.99. The first-order chi connectivity index (χ1) is 13.7. The topological polar surface area (TPSA) is 57.8 Å². The van der Waals surface area contributed by atoms with Crippen LogP contribution in [0.25, 0.3) is 11.4 Å². The summed E-state index contributed by atoms with van der Waals surface area (Å²) in [4.78, 5) is 0.